The fourth-order valence-electron chi connectivity index (χ4n) is 18.8. The van der Waals surface area contributed by atoms with Gasteiger partial charge in [0.25, 0.3) is 6.71 Å². The lowest BCUT2D eigenvalue weighted by Gasteiger charge is -2.45. The number of aromatic nitrogens is 2. The van der Waals surface area contributed by atoms with Crippen molar-refractivity contribution in [3.05, 3.63) is 256 Å². The zero-order valence-electron chi connectivity index (χ0n) is 68.3. The zero-order valence-corrected chi connectivity index (χ0v) is 68.3. The summed E-state index contributed by atoms with van der Waals surface area (Å²) in [4.78, 5) is 5.31. The van der Waals surface area contributed by atoms with Crippen LogP contribution in [0.15, 0.2) is 206 Å². The molecule has 542 valence electrons. The monoisotopic (exact) mass is 1400 g/mol. The predicted molar refractivity (Wildman–Crippen MR) is 464 cm³/mol. The molecule has 0 fully saturated rings. The van der Waals surface area contributed by atoms with Crippen molar-refractivity contribution in [2.75, 3.05) is 9.80 Å². The molecule has 0 amide bonds. The van der Waals surface area contributed by atoms with Crippen LogP contribution in [0.1, 0.15) is 235 Å². The summed E-state index contributed by atoms with van der Waals surface area (Å²) in [5.41, 5.74) is 35.8. The van der Waals surface area contributed by atoms with E-state index in [0.717, 1.165) is 22.7 Å². The van der Waals surface area contributed by atoms with Crippen molar-refractivity contribution >= 4 is 101 Å². The molecule has 0 radical (unpaired) electrons. The average Bonchev–Trinajstić information content (AvgIpc) is 1.33. The third kappa shape index (κ3) is 11.5. The number of fused-ring (bicyclic) bond motifs is 12. The standard InChI is InChI=1S/C102H111BN4/c1-94(2,3)66-30-44-85-75(54-66)76-55-67(95(4,5)6)31-45-86(76)106(85)73-38-42-83-89(60-73)104(71-34-24-62(25-35-71)64-28-40-79-81(52-64)101(20,21)50-48-99(79,16)17)91-58-70(98(13,14)15)59-92-93(91)103(83)84-43-39-74(107-87-46-32-68(96(7,8)9)56-77(87)78-57-69(97(10,11)12)33-47-88(78)107)61-90(84)105(92)72-36-26-63(27-37-72)65-29-41-80-82(53-65)102(22,23)51-49-100(80,18)19/h24-47,52-61H,48-51H2,1-23H3. The molecule has 4 nitrogen and oxygen atoms in total. The van der Waals surface area contributed by atoms with E-state index < -0.39 is 0 Å². The Morgan fingerprint density at radius 3 is 0.832 bits per heavy atom. The summed E-state index contributed by atoms with van der Waals surface area (Å²) in [6, 6.07) is 83.2. The predicted octanol–water partition coefficient (Wildman–Crippen LogP) is 26.5. The molecule has 17 rings (SSSR count). The third-order valence-corrected chi connectivity index (χ3v) is 26.0. The molecule has 11 aromatic carbocycles. The normalized spacial score (nSPS) is 16.6. The second kappa shape index (κ2) is 23.6. The number of anilines is 6. The Morgan fingerprint density at radius 2 is 0.533 bits per heavy atom. The Kier molecular flexibility index (Phi) is 15.6. The van der Waals surface area contributed by atoms with Gasteiger partial charge in [0.2, 0.25) is 0 Å². The van der Waals surface area contributed by atoms with Crippen LogP contribution in [0.2, 0.25) is 0 Å². The van der Waals surface area contributed by atoms with Gasteiger partial charge in [-0.2, -0.15) is 0 Å². The first-order valence-electron chi connectivity index (χ1n) is 39.9. The van der Waals surface area contributed by atoms with E-state index in [1.807, 2.05) is 0 Å². The lowest BCUT2D eigenvalue weighted by molar-refractivity contribution is 0.332. The molecule has 0 bridgehead atoms. The minimum atomic E-state index is -0.235. The second-order valence-electron chi connectivity index (χ2n) is 40.5. The van der Waals surface area contributed by atoms with Gasteiger partial charge in [-0.3, -0.25) is 0 Å². The first-order chi connectivity index (χ1) is 50.1. The van der Waals surface area contributed by atoms with Gasteiger partial charge in [-0.15, -0.1) is 0 Å². The Labute approximate surface area is 639 Å². The van der Waals surface area contributed by atoms with Crippen molar-refractivity contribution in [1.82, 2.24) is 9.13 Å². The Bertz CT molecular complexity index is 5350. The molecule has 2 aromatic heterocycles. The highest BCUT2D eigenvalue weighted by molar-refractivity contribution is 7.00. The molecule has 4 heterocycles. The minimum absolute atomic E-state index is 0.0270. The zero-order chi connectivity index (χ0) is 75.7. The Morgan fingerprint density at radius 1 is 0.252 bits per heavy atom. The fourth-order valence-corrected chi connectivity index (χ4v) is 18.8. The van der Waals surface area contributed by atoms with E-state index in [0.29, 0.717) is 0 Å². The maximum atomic E-state index is 2.66. The molecule has 5 heteroatoms. The van der Waals surface area contributed by atoms with Gasteiger partial charge in [-0.25, -0.2) is 0 Å². The van der Waals surface area contributed by atoms with E-state index >= 15 is 0 Å². The van der Waals surface area contributed by atoms with Crippen LogP contribution in [0.5, 0.6) is 0 Å². The minimum Gasteiger partial charge on any atom is -0.311 e. The van der Waals surface area contributed by atoms with Crippen LogP contribution in [0, 0.1) is 0 Å². The summed E-state index contributed by atoms with van der Waals surface area (Å²) in [6.07, 6.45) is 4.74. The van der Waals surface area contributed by atoms with Crippen LogP contribution >= 0.6 is 0 Å². The van der Waals surface area contributed by atoms with Crippen molar-refractivity contribution in [3.63, 3.8) is 0 Å². The maximum absolute atomic E-state index is 2.66. The van der Waals surface area contributed by atoms with Crippen molar-refractivity contribution in [1.29, 1.82) is 0 Å². The highest BCUT2D eigenvalue weighted by Gasteiger charge is 2.46. The van der Waals surface area contributed by atoms with E-state index in [-0.39, 0.29) is 55.4 Å². The summed E-state index contributed by atoms with van der Waals surface area (Å²) >= 11 is 0. The van der Waals surface area contributed by atoms with E-state index in [1.54, 1.807) is 0 Å². The largest absolute Gasteiger partial charge is 0.311 e. The Balaban J connectivity index is 0.933. The van der Waals surface area contributed by atoms with E-state index in [2.05, 4.69) is 384 Å². The number of rotatable bonds is 6. The first-order valence-corrected chi connectivity index (χ1v) is 39.9. The fraction of sp³-hybridized carbons (Fsp3) is 0.353. The van der Waals surface area contributed by atoms with Gasteiger partial charge in [-0.05, 0) is 272 Å². The number of benzene rings is 11. The van der Waals surface area contributed by atoms with Gasteiger partial charge in [0.1, 0.15) is 0 Å². The van der Waals surface area contributed by atoms with Crippen LogP contribution in [0.4, 0.5) is 34.1 Å². The van der Waals surface area contributed by atoms with E-state index in [9.17, 15) is 0 Å². The molecular weight excluding hydrogens is 1290 g/mol. The van der Waals surface area contributed by atoms with Gasteiger partial charge >= 0.3 is 0 Å². The number of nitrogens with zero attached hydrogens (tertiary/aromatic N) is 4. The maximum Gasteiger partial charge on any atom is 0.252 e. The number of hydrogen-bond acceptors (Lipinski definition) is 2. The molecule has 0 saturated carbocycles. The highest BCUT2D eigenvalue weighted by Crippen LogP contribution is 2.53. The van der Waals surface area contributed by atoms with Crippen LogP contribution in [-0.4, -0.2) is 15.8 Å². The van der Waals surface area contributed by atoms with Crippen molar-refractivity contribution in [2.45, 2.75) is 234 Å². The quantitative estimate of drug-likeness (QED) is 0.154. The van der Waals surface area contributed by atoms with Crippen molar-refractivity contribution < 1.29 is 0 Å². The van der Waals surface area contributed by atoms with Gasteiger partial charge in [0.15, 0.2) is 0 Å². The molecule has 0 N–H and O–H groups in total. The van der Waals surface area contributed by atoms with Gasteiger partial charge in [-0.1, -0.05) is 256 Å². The molecule has 13 aromatic rings. The van der Waals surface area contributed by atoms with E-state index in [4.69, 9.17) is 0 Å². The molecular formula is C102H111BN4. The molecule has 4 aliphatic rings. The summed E-state index contributed by atoms with van der Waals surface area (Å²) in [5, 5.41) is 5.15. The van der Waals surface area contributed by atoms with Gasteiger partial charge in [0, 0.05) is 67.0 Å². The molecule has 107 heavy (non-hydrogen) atoms. The summed E-state index contributed by atoms with van der Waals surface area (Å²) < 4.78 is 5.13. The Hall–Kier alpha value is -9.32. The molecule has 0 saturated heterocycles. The molecule has 0 unspecified atom stereocenters. The first kappa shape index (κ1) is 70.7. The lowest BCUT2D eigenvalue weighted by Crippen LogP contribution is -2.61. The van der Waals surface area contributed by atoms with Gasteiger partial charge in [0.05, 0.1) is 22.1 Å². The SMILES string of the molecule is CC(C)(C)c1cc2c3c(c1)N(c1ccc(-c4ccc5c(c4)C(C)(C)CCC5(C)C)cc1)c1cc(-n4c5ccc(C(C)(C)C)cc5c5cc(C(C)(C)C)ccc54)ccc1B3c1ccc(-n3c4ccc(C(C)(C)C)cc4c4cc(C(C)(C)C)ccc43)cc1N2c1ccc(-c2ccc3c(c2)C(C)(C)CCC3(C)C)cc1. The van der Waals surface area contributed by atoms with Crippen LogP contribution < -0.4 is 26.2 Å². The third-order valence-electron chi connectivity index (χ3n) is 26.0. The second-order valence-corrected chi connectivity index (χ2v) is 40.5. The van der Waals surface area contributed by atoms with Crippen LogP contribution in [0.25, 0.3) is 77.2 Å². The highest BCUT2D eigenvalue weighted by atomic mass is 15.2. The molecule has 0 spiro atoms. The number of hydrogen-bond donors (Lipinski definition) is 0. The van der Waals surface area contributed by atoms with Crippen LogP contribution in [-0.2, 0) is 48.7 Å². The summed E-state index contributed by atoms with van der Waals surface area (Å²) in [5.74, 6) is 0. The molecule has 0 atom stereocenters. The summed E-state index contributed by atoms with van der Waals surface area (Å²) in [6.45, 7) is 54.7. The molecule has 2 aliphatic heterocycles. The average molecular weight is 1400 g/mol. The van der Waals surface area contributed by atoms with E-state index in [1.165, 1.54) is 181 Å². The topological polar surface area (TPSA) is 16.3 Å². The van der Waals surface area contributed by atoms with Crippen LogP contribution in [0.3, 0.4) is 0 Å². The smallest absolute Gasteiger partial charge is 0.252 e. The van der Waals surface area contributed by atoms with Crippen molar-refractivity contribution in [2.24, 2.45) is 0 Å². The summed E-state index contributed by atoms with van der Waals surface area (Å²) in [7, 11) is 0. The molecule has 2 aliphatic carbocycles. The van der Waals surface area contributed by atoms with Gasteiger partial charge < -0.3 is 18.9 Å². The lowest BCUT2D eigenvalue weighted by atomic mass is 9.33. The van der Waals surface area contributed by atoms with Crippen molar-refractivity contribution in [3.8, 4) is 33.6 Å².